The number of hydrogen-bond donors (Lipinski definition) is 1. The Balaban J connectivity index is 1.91. The van der Waals surface area contributed by atoms with E-state index >= 15 is 0 Å². The Morgan fingerprint density at radius 2 is 2.43 bits per heavy atom. The van der Waals surface area contributed by atoms with E-state index in [1.165, 1.54) is 0 Å². The summed E-state index contributed by atoms with van der Waals surface area (Å²) in [5.74, 6) is 1.10. The summed E-state index contributed by atoms with van der Waals surface area (Å²) in [5.41, 5.74) is 2.13. The van der Waals surface area contributed by atoms with Crippen LogP contribution >= 0.6 is 11.8 Å². The molecule has 0 saturated heterocycles. The number of nitrogens with one attached hydrogen (secondary N) is 1. The molecule has 0 radical (unpaired) electrons. The predicted molar refractivity (Wildman–Crippen MR) is 60.6 cm³/mol. The summed E-state index contributed by atoms with van der Waals surface area (Å²) in [6.07, 6.45) is 0. The molecule has 0 atom stereocenters. The van der Waals surface area contributed by atoms with Crippen LogP contribution in [0.2, 0.25) is 0 Å². The molecule has 1 aromatic rings. The molecule has 2 heterocycles. The van der Waals surface area contributed by atoms with Gasteiger partial charge in [-0.3, -0.25) is 9.98 Å². The number of aliphatic imine (C=N–C) groups is 1. The molecular formula is C10H13N3S. The third-order valence-corrected chi connectivity index (χ3v) is 2.89. The molecule has 1 N–H and O–H groups in total. The maximum atomic E-state index is 4.41. The normalized spacial score (nSPS) is 15.4. The molecule has 0 bridgehead atoms. The summed E-state index contributed by atoms with van der Waals surface area (Å²) in [7, 11) is 0. The lowest BCUT2D eigenvalue weighted by atomic mass is 10.3. The average molecular weight is 207 g/mol. The van der Waals surface area contributed by atoms with Gasteiger partial charge in [0.1, 0.15) is 0 Å². The summed E-state index contributed by atoms with van der Waals surface area (Å²) >= 11 is 1.78. The molecule has 0 fully saturated rings. The second-order valence-electron chi connectivity index (χ2n) is 3.16. The summed E-state index contributed by atoms with van der Waals surface area (Å²) in [4.78, 5) is 8.72. The number of nitrogens with zero attached hydrogens (tertiary/aromatic N) is 2. The molecule has 0 unspecified atom stereocenters. The first-order valence-electron chi connectivity index (χ1n) is 4.68. The van der Waals surface area contributed by atoms with Gasteiger partial charge in [-0.05, 0) is 19.1 Å². The molecule has 0 saturated carbocycles. The fraction of sp³-hybridized carbons (Fsp3) is 0.400. The predicted octanol–water partition coefficient (Wildman–Crippen LogP) is 1.58. The molecule has 2 rings (SSSR count). The zero-order chi connectivity index (χ0) is 9.80. The molecule has 1 aliphatic heterocycles. The topological polar surface area (TPSA) is 37.3 Å². The van der Waals surface area contributed by atoms with Crippen LogP contribution in [0.1, 0.15) is 11.4 Å². The Morgan fingerprint density at radius 3 is 3.14 bits per heavy atom. The monoisotopic (exact) mass is 207 g/mol. The van der Waals surface area contributed by atoms with Gasteiger partial charge < -0.3 is 5.32 Å². The van der Waals surface area contributed by atoms with Crippen LogP contribution < -0.4 is 5.32 Å². The van der Waals surface area contributed by atoms with Crippen LogP contribution in [0.3, 0.4) is 0 Å². The first-order chi connectivity index (χ1) is 6.84. The molecule has 1 aliphatic rings. The lowest BCUT2D eigenvalue weighted by molar-refractivity contribution is 0.872. The molecule has 74 valence electrons. The Labute approximate surface area is 88.0 Å². The van der Waals surface area contributed by atoms with Gasteiger partial charge in [0.25, 0.3) is 0 Å². The molecular weight excluding hydrogens is 194 g/mol. The Morgan fingerprint density at radius 1 is 1.50 bits per heavy atom. The third-order valence-electron chi connectivity index (χ3n) is 1.95. The molecule has 1 aromatic heterocycles. The summed E-state index contributed by atoms with van der Waals surface area (Å²) in [6, 6.07) is 6.06. The van der Waals surface area contributed by atoms with Crippen LogP contribution in [0.5, 0.6) is 0 Å². The van der Waals surface area contributed by atoms with Crippen molar-refractivity contribution in [3.8, 4) is 0 Å². The number of thioether (sulfide) groups is 1. The molecule has 3 nitrogen and oxygen atoms in total. The van der Waals surface area contributed by atoms with Crippen LogP contribution in [-0.4, -0.2) is 22.4 Å². The van der Waals surface area contributed by atoms with Gasteiger partial charge >= 0.3 is 0 Å². The highest BCUT2D eigenvalue weighted by atomic mass is 32.2. The van der Waals surface area contributed by atoms with Gasteiger partial charge in [0, 0.05) is 11.4 Å². The first-order valence-corrected chi connectivity index (χ1v) is 5.67. The van der Waals surface area contributed by atoms with Crippen molar-refractivity contribution in [2.75, 3.05) is 12.3 Å². The van der Waals surface area contributed by atoms with Crippen molar-refractivity contribution in [2.24, 2.45) is 4.99 Å². The summed E-state index contributed by atoms with van der Waals surface area (Å²) in [6.45, 7) is 3.72. The van der Waals surface area contributed by atoms with Crippen molar-refractivity contribution in [3.05, 3.63) is 29.6 Å². The van der Waals surface area contributed by atoms with Crippen LogP contribution in [0.4, 0.5) is 0 Å². The lowest BCUT2D eigenvalue weighted by Gasteiger charge is -2.04. The Kier molecular flexibility index (Phi) is 3.03. The molecule has 0 aromatic carbocycles. The number of pyridine rings is 1. The highest BCUT2D eigenvalue weighted by molar-refractivity contribution is 8.14. The van der Waals surface area contributed by atoms with Gasteiger partial charge in [-0.1, -0.05) is 17.8 Å². The molecule has 0 spiro atoms. The zero-order valence-electron chi connectivity index (χ0n) is 8.16. The van der Waals surface area contributed by atoms with Crippen molar-refractivity contribution < 1.29 is 0 Å². The van der Waals surface area contributed by atoms with Gasteiger partial charge in [0.15, 0.2) is 5.17 Å². The van der Waals surface area contributed by atoms with E-state index in [1.807, 2.05) is 25.1 Å². The Hall–Kier alpha value is -1.03. The van der Waals surface area contributed by atoms with Crippen LogP contribution in [0.25, 0.3) is 0 Å². The minimum absolute atomic E-state index is 0.771. The Bertz CT molecular complexity index is 349. The largest absolute Gasteiger partial charge is 0.359 e. The van der Waals surface area contributed by atoms with E-state index in [-0.39, 0.29) is 0 Å². The van der Waals surface area contributed by atoms with Crippen LogP contribution in [0, 0.1) is 6.92 Å². The van der Waals surface area contributed by atoms with Crippen molar-refractivity contribution in [3.63, 3.8) is 0 Å². The van der Waals surface area contributed by atoms with Crippen molar-refractivity contribution >= 4 is 16.9 Å². The zero-order valence-corrected chi connectivity index (χ0v) is 8.97. The fourth-order valence-corrected chi connectivity index (χ4v) is 2.04. The standard InChI is InChI=1S/C10H13N3S/c1-8-3-2-4-9(13-8)7-12-10-11-5-6-14-10/h2-4H,5-7H2,1H3,(H,11,12). The van der Waals surface area contributed by atoms with E-state index in [1.54, 1.807) is 11.8 Å². The quantitative estimate of drug-likeness (QED) is 0.800. The van der Waals surface area contributed by atoms with E-state index in [4.69, 9.17) is 0 Å². The summed E-state index contributed by atoms with van der Waals surface area (Å²) in [5, 5.41) is 4.32. The maximum absolute atomic E-state index is 4.41. The van der Waals surface area contributed by atoms with E-state index in [0.29, 0.717) is 0 Å². The summed E-state index contributed by atoms with van der Waals surface area (Å²) < 4.78 is 0. The van der Waals surface area contributed by atoms with Gasteiger partial charge in [0.05, 0.1) is 18.8 Å². The highest BCUT2D eigenvalue weighted by Gasteiger charge is 2.05. The van der Waals surface area contributed by atoms with E-state index in [2.05, 4.69) is 15.3 Å². The number of amidine groups is 1. The number of aryl methyl sites for hydroxylation is 1. The van der Waals surface area contributed by atoms with Crippen LogP contribution in [-0.2, 0) is 6.54 Å². The third kappa shape index (κ3) is 2.48. The minimum Gasteiger partial charge on any atom is -0.359 e. The first kappa shape index (κ1) is 9.52. The van der Waals surface area contributed by atoms with Gasteiger partial charge in [0.2, 0.25) is 0 Å². The lowest BCUT2D eigenvalue weighted by Crippen LogP contribution is -2.18. The van der Waals surface area contributed by atoms with Gasteiger partial charge in [-0.15, -0.1) is 0 Å². The van der Waals surface area contributed by atoms with E-state index in [9.17, 15) is 0 Å². The van der Waals surface area contributed by atoms with Crippen molar-refractivity contribution in [1.29, 1.82) is 0 Å². The number of aromatic nitrogens is 1. The maximum Gasteiger partial charge on any atom is 0.156 e. The molecule has 0 amide bonds. The second-order valence-corrected chi connectivity index (χ2v) is 4.24. The van der Waals surface area contributed by atoms with Crippen LogP contribution in [0.15, 0.2) is 23.2 Å². The highest BCUT2D eigenvalue weighted by Crippen LogP contribution is 2.09. The number of hydrogen-bond acceptors (Lipinski definition) is 4. The van der Waals surface area contributed by atoms with E-state index < -0.39 is 0 Å². The minimum atomic E-state index is 0.771. The van der Waals surface area contributed by atoms with Crippen molar-refractivity contribution in [1.82, 2.24) is 10.3 Å². The molecule has 14 heavy (non-hydrogen) atoms. The number of rotatable bonds is 2. The SMILES string of the molecule is Cc1cccc(CNC2=NCCS2)n1. The van der Waals surface area contributed by atoms with Gasteiger partial charge in [-0.2, -0.15) is 0 Å². The average Bonchev–Trinajstić information content (AvgIpc) is 2.67. The van der Waals surface area contributed by atoms with Gasteiger partial charge in [-0.25, -0.2) is 0 Å². The van der Waals surface area contributed by atoms with E-state index in [0.717, 1.165) is 35.4 Å². The second kappa shape index (κ2) is 4.46. The van der Waals surface area contributed by atoms with Crippen molar-refractivity contribution in [2.45, 2.75) is 13.5 Å². The fourth-order valence-electron chi connectivity index (χ4n) is 1.31. The smallest absolute Gasteiger partial charge is 0.156 e. The molecule has 0 aliphatic carbocycles. The molecule has 4 heteroatoms.